The number of fused-ring (bicyclic) bond motifs is 1. The smallest absolute Gasteiger partial charge is 0.119 e. The highest BCUT2D eigenvalue weighted by Gasteiger charge is 2.22. The van der Waals surface area contributed by atoms with Crippen LogP contribution in [0.1, 0.15) is 69.2 Å². The van der Waals surface area contributed by atoms with Crippen LogP contribution < -0.4 is 4.74 Å². The standard InChI is InChI=1S/C25H32N2O/c1-2-20-14-16-22(17-15-20)28-19-9-8-18-27-24-13-7-6-12-23(24)26-25(27)21-10-4-3-5-11-21/h6-7,12-17,21H,2-5,8-11,18-19H2,1H3. The molecule has 1 aliphatic rings. The third kappa shape index (κ3) is 4.40. The van der Waals surface area contributed by atoms with Crippen molar-refractivity contribution in [2.75, 3.05) is 6.61 Å². The van der Waals surface area contributed by atoms with E-state index in [1.165, 1.54) is 49.0 Å². The molecule has 2 aromatic carbocycles. The minimum atomic E-state index is 0.634. The molecule has 4 rings (SSSR count). The topological polar surface area (TPSA) is 27.1 Å². The Kier molecular flexibility index (Phi) is 6.31. The summed E-state index contributed by atoms with van der Waals surface area (Å²) < 4.78 is 8.42. The van der Waals surface area contributed by atoms with E-state index in [-0.39, 0.29) is 0 Å². The van der Waals surface area contributed by atoms with Crippen LogP contribution in [-0.4, -0.2) is 16.2 Å². The summed E-state index contributed by atoms with van der Waals surface area (Å²) in [5.41, 5.74) is 3.80. The number of benzene rings is 2. The van der Waals surface area contributed by atoms with Crippen molar-refractivity contribution in [2.45, 2.75) is 70.8 Å². The third-order valence-electron chi connectivity index (χ3n) is 6.03. The van der Waals surface area contributed by atoms with Crippen molar-refractivity contribution in [2.24, 2.45) is 0 Å². The number of para-hydroxylation sites is 2. The van der Waals surface area contributed by atoms with E-state index in [0.29, 0.717) is 5.92 Å². The van der Waals surface area contributed by atoms with Gasteiger partial charge in [-0.1, -0.05) is 50.5 Å². The Morgan fingerprint density at radius 2 is 1.75 bits per heavy atom. The molecule has 3 heteroatoms. The largest absolute Gasteiger partial charge is 0.494 e. The molecular formula is C25H32N2O. The molecule has 0 saturated heterocycles. The number of rotatable bonds is 8. The van der Waals surface area contributed by atoms with E-state index in [9.17, 15) is 0 Å². The van der Waals surface area contributed by atoms with E-state index < -0.39 is 0 Å². The molecule has 148 valence electrons. The van der Waals surface area contributed by atoms with Gasteiger partial charge in [0, 0.05) is 12.5 Å². The van der Waals surface area contributed by atoms with Gasteiger partial charge in [0.15, 0.2) is 0 Å². The summed E-state index contributed by atoms with van der Waals surface area (Å²) in [6.07, 6.45) is 9.91. The van der Waals surface area contributed by atoms with E-state index in [1.54, 1.807) is 0 Å². The first-order valence-corrected chi connectivity index (χ1v) is 11.0. The summed E-state index contributed by atoms with van der Waals surface area (Å²) in [7, 11) is 0. The van der Waals surface area contributed by atoms with Crippen LogP contribution in [0, 0.1) is 0 Å². The van der Waals surface area contributed by atoms with E-state index in [2.05, 4.69) is 60.0 Å². The lowest BCUT2D eigenvalue weighted by Crippen LogP contribution is -2.13. The number of hydrogen-bond donors (Lipinski definition) is 0. The summed E-state index contributed by atoms with van der Waals surface area (Å²) >= 11 is 0. The fourth-order valence-corrected chi connectivity index (χ4v) is 4.38. The molecule has 1 heterocycles. The van der Waals surface area contributed by atoms with E-state index in [0.717, 1.165) is 43.7 Å². The van der Waals surface area contributed by atoms with E-state index in [1.807, 2.05) is 0 Å². The van der Waals surface area contributed by atoms with E-state index >= 15 is 0 Å². The maximum absolute atomic E-state index is 5.93. The maximum Gasteiger partial charge on any atom is 0.119 e. The minimum absolute atomic E-state index is 0.634. The Hall–Kier alpha value is -2.29. The van der Waals surface area contributed by atoms with Gasteiger partial charge in [0.25, 0.3) is 0 Å². The molecule has 0 bridgehead atoms. The van der Waals surface area contributed by atoms with Gasteiger partial charge in [-0.05, 0) is 61.9 Å². The fraction of sp³-hybridized carbons (Fsp3) is 0.480. The van der Waals surface area contributed by atoms with Gasteiger partial charge < -0.3 is 9.30 Å². The number of aryl methyl sites for hydroxylation is 2. The lowest BCUT2D eigenvalue weighted by molar-refractivity contribution is 0.302. The van der Waals surface area contributed by atoms with Gasteiger partial charge in [-0.15, -0.1) is 0 Å². The molecule has 1 aromatic heterocycles. The van der Waals surface area contributed by atoms with Gasteiger partial charge >= 0.3 is 0 Å². The van der Waals surface area contributed by atoms with Gasteiger partial charge in [-0.3, -0.25) is 0 Å². The number of nitrogens with zero attached hydrogens (tertiary/aromatic N) is 2. The molecule has 1 fully saturated rings. The van der Waals surface area contributed by atoms with Crippen LogP contribution in [0.3, 0.4) is 0 Å². The average molecular weight is 377 g/mol. The predicted octanol–water partition coefficient (Wildman–Crippen LogP) is 6.51. The monoisotopic (exact) mass is 376 g/mol. The van der Waals surface area contributed by atoms with Crippen LogP contribution in [0.2, 0.25) is 0 Å². The summed E-state index contributed by atoms with van der Waals surface area (Å²) in [5.74, 6) is 2.93. The summed E-state index contributed by atoms with van der Waals surface area (Å²) in [5, 5.41) is 0. The van der Waals surface area contributed by atoms with Crippen molar-refractivity contribution in [3.63, 3.8) is 0 Å². The molecular weight excluding hydrogens is 344 g/mol. The molecule has 0 aliphatic heterocycles. The van der Waals surface area contributed by atoms with Crippen LogP contribution in [0.5, 0.6) is 5.75 Å². The molecule has 3 aromatic rings. The molecule has 0 unspecified atom stereocenters. The first kappa shape index (κ1) is 19.0. The van der Waals surface area contributed by atoms with Crippen molar-refractivity contribution < 1.29 is 4.74 Å². The predicted molar refractivity (Wildman–Crippen MR) is 116 cm³/mol. The highest BCUT2D eigenvalue weighted by molar-refractivity contribution is 5.76. The molecule has 0 amide bonds. The van der Waals surface area contributed by atoms with Crippen molar-refractivity contribution >= 4 is 11.0 Å². The van der Waals surface area contributed by atoms with Crippen molar-refractivity contribution in [1.82, 2.24) is 9.55 Å². The van der Waals surface area contributed by atoms with Crippen LogP contribution >= 0.6 is 0 Å². The Labute approximate surface area is 168 Å². The Morgan fingerprint density at radius 3 is 2.54 bits per heavy atom. The van der Waals surface area contributed by atoms with Crippen LogP contribution in [0.25, 0.3) is 11.0 Å². The first-order valence-electron chi connectivity index (χ1n) is 11.0. The molecule has 1 aliphatic carbocycles. The molecule has 3 nitrogen and oxygen atoms in total. The van der Waals surface area contributed by atoms with Gasteiger partial charge in [0.1, 0.15) is 11.6 Å². The zero-order valence-corrected chi connectivity index (χ0v) is 17.1. The van der Waals surface area contributed by atoms with Gasteiger partial charge in [-0.2, -0.15) is 0 Å². The fourth-order valence-electron chi connectivity index (χ4n) is 4.38. The van der Waals surface area contributed by atoms with Gasteiger partial charge in [0.2, 0.25) is 0 Å². The second-order valence-electron chi connectivity index (χ2n) is 8.00. The Morgan fingerprint density at radius 1 is 0.964 bits per heavy atom. The van der Waals surface area contributed by atoms with Crippen molar-refractivity contribution in [3.8, 4) is 5.75 Å². The normalized spacial score (nSPS) is 15.2. The van der Waals surface area contributed by atoms with E-state index in [4.69, 9.17) is 9.72 Å². The second-order valence-corrected chi connectivity index (χ2v) is 8.00. The quantitative estimate of drug-likeness (QED) is 0.419. The Balaban J connectivity index is 1.36. The number of ether oxygens (including phenoxy) is 1. The van der Waals surface area contributed by atoms with Gasteiger partial charge in [-0.25, -0.2) is 4.98 Å². The Bertz CT molecular complexity index is 875. The van der Waals surface area contributed by atoms with Crippen molar-refractivity contribution in [3.05, 3.63) is 59.9 Å². The molecule has 28 heavy (non-hydrogen) atoms. The maximum atomic E-state index is 5.93. The molecule has 0 radical (unpaired) electrons. The number of hydrogen-bond acceptors (Lipinski definition) is 2. The number of aromatic nitrogens is 2. The first-order chi connectivity index (χ1) is 13.8. The average Bonchev–Trinajstić information content (AvgIpc) is 3.13. The SMILES string of the molecule is CCc1ccc(OCCCCn2c(C3CCCCC3)nc3ccccc32)cc1. The minimum Gasteiger partial charge on any atom is -0.494 e. The molecule has 1 saturated carbocycles. The summed E-state index contributed by atoms with van der Waals surface area (Å²) in [6, 6.07) is 17.1. The van der Waals surface area contributed by atoms with Crippen LogP contribution in [0.15, 0.2) is 48.5 Å². The zero-order chi connectivity index (χ0) is 19.2. The zero-order valence-electron chi connectivity index (χ0n) is 17.1. The van der Waals surface area contributed by atoms with Crippen LogP contribution in [0.4, 0.5) is 0 Å². The summed E-state index contributed by atoms with van der Waals surface area (Å²) in [6.45, 7) is 3.98. The molecule has 0 atom stereocenters. The number of unbranched alkanes of at least 4 members (excludes halogenated alkanes) is 1. The van der Waals surface area contributed by atoms with Gasteiger partial charge in [0.05, 0.1) is 17.6 Å². The lowest BCUT2D eigenvalue weighted by Gasteiger charge is -2.22. The highest BCUT2D eigenvalue weighted by atomic mass is 16.5. The second kappa shape index (κ2) is 9.27. The van der Waals surface area contributed by atoms with Crippen molar-refractivity contribution in [1.29, 1.82) is 0 Å². The molecule has 0 spiro atoms. The number of imidazole rings is 1. The lowest BCUT2D eigenvalue weighted by atomic mass is 9.88. The molecule has 0 N–H and O–H groups in total. The highest BCUT2D eigenvalue weighted by Crippen LogP contribution is 2.34. The third-order valence-corrected chi connectivity index (χ3v) is 6.03. The van der Waals surface area contributed by atoms with Crippen LogP contribution in [-0.2, 0) is 13.0 Å². The summed E-state index contributed by atoms with van der Waals surface area (Å²) in [4.78, 5) is 5.03.